The topological polar surface area (TPSA) is 12.9 Å². The highest BCUT2D eigenvalue weighted by Crippen LogP contribution is 2.43. The highest BCUT2D eigenvalue weighted by atomic mass is 28.3. The molecule has 0 saturated heterocycles. The van der Waals surface area contributed by atoms with E-state index >= 15 is 0 Å². The Kier molecular flexibility index (Phi) is 5.53. The summed E-state index contributed by atoms with van der Waals surface area (Å²) >= 11 is 0. The molecule has 0 amide bonds. The third-order valence-corrected chi connectivity index (χ3v) is 10.7. The highest BCUT2D eigenvalue weighted by Gasteiger charge is 2.47. The zero-order valence-corrected chi connectivity index (χ0v) is 23.0. The minimum absolute atomic E-state index is 0.156. The van der Waals surface area contributed by atoms with Crippen LogP contribution in [0.3, 0.4) is 0 Å². The second-order valence-corrected chi connectivity index (χ2v) is 16.3. The number of alkyl halides is 3. The van der Waals surface area contributed by atoms with Crippen molar-refractivity contribution >= 4 is 29.2 Å². The zero-order valence-electron chi connectivity index (χ0n) is 22.0. The fraction of sp³-hybridized carbons (Fsp3) is 0.323. The fourth-order valence-electron chi connectivity index (χ4n) is 6.05. The maximum atomic E-state index is 14.4. The Balaban J connectivity index is 1.83. The number of hydrogen-bond acceptors (Lipinski definition) is 1. The van der Waals surface area contributed by atoms with Crippen molar-refractivity contribution in [3.63, 3.8) is 0 Å². The summed E-state index contributed by atoms with van der Waals surface area (Å²) in [7, 11) is -2.54. The summed E-state index contributed by atoms with van der Waals surface area (Å²) in [6.45, 7) is 15.0. The van der Waals surface area contributed by atoms with Gasteiger partial charge in [-0.1, -0.05) is 81.4 Å². The molecule has 0 fully saturated rings. The zero-order chi connectivity index (χ0) is 26.2. The Morgan fingerprint density at radius 2 is 1.50 bits per heavy atom. The second kappa shape index (κ2) is 8.04. The molecule has 1 nitrogen and oxygen atoms in total. The number of halogens is 3. The molecule has 1 aliphatic heterocycles. The molecule has 3 aromatic carbocycles. The van der Waals surface area contributed by atoms with Crippen molar-refractivity contribution in [2.24, 2.45) is 5.41 Å². The van der Waals surface area contributed by atoms with Gasteiger partial charge in [0, 0.05) is 11.8 Å². The molecular weight excluding hydrogens is 471 g/mol. The molecule has 186 valence electrons. The number of nitrogens with zero attached hydrogens (tertiary/aromatic N) is 1. The van der Waals surface area contributed by atoms with Gasteiger partial charge in [-0.15, -0.1) is 0 Å². The fourth-order valence-corrected chi connectivity index (χ4v) is 9.78. The predicted molar refractivity (Wildman–Crippen MR) is 147 cm³/mol. The van der Waals surface area contributed by atoms with Gasteiger partial charge in [0.15, 0.2) is 0 Å². The number of pyridine rings is 1. The normalized spacial score (nSPS) is 14.7. The van der Waals surface area contributed by atoms with Crippen LogP contribution in [0.2, 0.25) is 13.1 Å². The summed E-state index contributed by atoms with van der Waals surface area (Å²) in [6.07, 6.45) is -2.49. The molecule has 1 aromatic heterocycles. The average molecular weight is 504 g/mol. The Morgan fingerprint density at radius 1 is 0.833 bits per heavy atom. The van der Waals surface area contributed by atoms with Crippen molar-refractivity contribution in [2.75, 3.05) is 0 Å². The predicted octanol–water partition coefficient (Wildman–Crippen LogP) is 7.93. The Morgan fingerprint density at radius 3 is 2.11 bits per heavy atom. The molecule has 0 radical (unpaired) electrons. The smallest absolute Gasteiger partial charge is 0.256 e. The SMILES string of the molecule is Cc1cc(C)cc(-c2ncc(C(F)(F)F)c3c2[Si](C)(C)c2c-3ccc3cc(CC(C)(C)C)ccc23)c1. The number of aromatic nitrogens is 1. The molecule has 0 N–H and O–H groups in total. The van der Waals surface area contributed by atoms with Gasteiger partial charge < -0.3 is 0 Å². The lowest BCUT2D eigenvalue weighted by molar-refractivity contribution is -0.137. The molecule has 36 heavy (non-hydrogen) atoms. The summed E-state index contributed by atoms with van der Waals surface area (Å²) in [4.78, 5) is 4.50. The Labute approximate surface area is 212 Å². The summed E-state index contributed by atoms with van der Waals surface area (Å²) in [5.41, 5.74) is 5.56. The van der Waals surface area contributed by atoms with E-state index in [1.807, 2.05) is 38.1 Å². The molecule has 1 aliphatic rings. The van der Waals surface area contributed by atoms with E-state index in [1.165, 1.54) is 5.56 Å². The molecule has 0 saturated carbocycles. The quantitative estimate of drug-likeness (QED) is 0.253. The second-order valence-electron chi connectivity index (χ2n) is 12.1. The van der Waals surface area contributed by atoms with Crippen LogP contribution in [-0.2, 0) is 12.6 Å². The van der Waals surface area contributed by atoms with Gasteiger partial charge in [-0.25, -0.2) is 0 Å². The van der Waals surface area contributed by atoms with Crippen LogP contribution in [-0.4, -0.2) is 13.1 Å². The standard InChI is InChI=1S/C31H32F3NSi/c1-18-12-19(2)14-22(13-18)27-29-26(25(17-35-27)31(32,33)34)24-11-9-21-15-20(16-30(3,4)5)8-10-23(21)28(24)36(29,6)7/h8-15,17H,16H2,1-7H3. The van der Waals surface area contributed by atoms with Crippen molar-refractivity contribution < 1.29 is 13.2 Å². The van der Waals surface area contributed by atoms with Gasteiger partial charge in [-0.3, -0.25) is 4.98 Å². The molecule has 0 spiro atoms. The van der Waals surface area contributed by atoms with Crippen molar-refractivity contribution in [1.82, 2.24) is 4.98 Å². The summed E-state index contributed by atoms with van der Waals surface area (Å²) in [5.74, 6) is 0. The summed E-state index contributed by atoms with van der Waals surface area (Å²) in [5, 5.41) is 4.04. The minimum atomic E-state index is -4.48. The lowest BCUT2D eigenvalue weighted by Gasteiger charge is -2.24. The Bertz CT molecular complexity index is 1500. The van der Waals surface area contributed by atoms with Gasteiger partial charge in [-0.05, 0) is 75.7 Å². The van der Waals surface area contributed by atoms with Gasteiger partial charge in [-0.2, -0.15) is 13.2 Å². The van der Waals surface area contributed by atoms with E-state index < -0.39 is 19.8 Å². The van der Waals surface area contributed by atoms with Crippen molar-refractivity contribution in [2.45, 2.75) is 60.3 Å². The number of hydrogen-bond donors (Lipinski definition) is 0. The van der Waals surface area contributed by atoms with Crippen molar-refractivity contribution in [3.05, 3.63) is 77.0 Å². The first-order valence-electron chi connectivity index (χ1n) is 12.4. The van der Waals surface area contributed by atoms with Crippen LogP contribution < -0.4 is 10.4 Å². The van der Waals surface area contributed by atoms with Gasteiger partial charge in [0.05, 0.1) is 11.3 Å². The molecule has 5 heteroatoms. The maximum absolute atomic E-state index is 14.4. The summed E-state index contributed by atoms with van der Waals surface area (Å²) in [6, 6.07) is 16.6. The lowest BCUT2D eigenvalue weighted by Crippen LogP contribution is -2.50. The molecule has 0 bridgehead atoms. The molecular formula is C31H32F3NSi. The van der Waals surface area contributed by atoms with Gasteiger partial charge in [0.2, 0.25) is 0 Å². The molecule has 4 aromatic rings. The van der Waals surface area contributed by atoms with Crippen LogP contribution in [0.1, 0.15) is 43.0 Å². The first-order valence-corrected chi connectivity index (χ1v) is 15.4. The number of rotatable bonds is 2. The van der Waals surface area contributed by atoms with Crippen molar-refractivity contribution in [1.29, 1.82) is 0 Å². The van der Waals surface area contributed by atoms with E-state index in [2.05, 4.69) is 63.1 Å². The van der Waals surface area contributed by atoms with Crippen LogP contribution in [0.5, 0.6) is 0 Å². The van der Waals surface area contributed by atoms with E-state index in [0.29, 0.717) is 11.3 Å². The molecule has 0 unspecified atom stereocenters. The first kappa shape index (κ1) is 24.8. The van der Waals surface area contributed by atoms with E-state index in [-0.39, 0.29) is 5.41 Å². The summed E-state index contributed by atoms with van der Waals surface area (Å²) < 4.78 is 43.1. The monoisotopic (exact) mass is 503 g/mol. The molecule has 0 atom stereocenters. The van der Waals surface area contributed by atoms with Crippen LogP contribution in [0, 0.1) is 19.3 Å². The molecule has 2 heterocycles. The van der Waals surface area contributed by atoms with Crippen LogP contribution >= 0.6 is 0 Å². The van der Waals surface area contributed by atoms with E-state index in [0.717, 1.165) is 56.0 Å². The number of aryl methyl sites for hydroxylation is 2. The lowest BCUT2D eigenvalue weighted by atomic mass is 9.87. The van der Waals surface area contributed by atoms with Crippen LogP contribution in [0.25, 0.3) is 33.2 Å². The minimum Gasteiger partial charge on any atom is -0.256 e. The van der Waals surface area contributed by atoms with Gasteiger partial charge in [0.25, 0.3) is 0 Å². The van der Waals surface area contributed by atoms with Gasteiger partial charge >= 0.3 is 6.18 Å². The maximum Gasteiger partial charge on any atom is 0.418 e. The Hall–Kier alpha value is -2.92. The first-order chi connectivity index (χ1) is 16.7. The average Bonchev–Trinajstić information content (AvgIpc) is 2.98. The number of benzene rings is 3. The van der Waals surface area contributed by atoms with Gasteiger partial charge in [0.1, 0.15) is 8.07 Å². The van der Waals surface area contributed by atoms with E-state index in [4.69, 9.17) is 0 Å². The largest absolute Gasteiger partial charge is 0.418 e. The van der Waals surface area contributed by atoms with Crippen LogP contribution in [0.4, 0.5) is 13.2 Å². The van der Waals surface area contributed by atoms with E-state index in [9.17, 15) is 13.2 Å². The van der Waals surface area contributed by atoms with E-state index in [1.54, 1.807) is 0 Å². The third kappa shape index (κ3) is 4.07. The third-order valence-electron chi connectivity index (χ3n) is 7.22. The number of fused-ring (bicyclic) bond motifs is 5. The molecule has 0 aliphatic carbocycles. The highest BCUT2D eigenvalue weighted by molar-refractivity contribution is 7.05. The van der Waals surface area contributed by atoms with Crippen LogP contribution in [0.15, 0.2) is 54.7 Å². The molecule has 5 rings (SSSR count). The van der Waals surface area contributed by atoms with Crippen molar-refractivity contribution in [3.8, 4) is 22.4 Å².